The van der Waals surface area contributed by atoms with Crippen molar-refractivity contribution in [3.05, 3.63) is 30.3 Å². The topological polar surface area (TPSA) is 61.8 Å². The van der Waals surface area contributed by atoms with Gasteiger partial charge in [-0.05, 0) is 12.1 Å². The average molecular weight is 215 g/mol. The van der Waals surface area contributed by atoms with Gasteiger partial charge in [0.2, 0.25) is 5.91 Å². The Kier molecular flexibility index (Phi) is 1.80. The molecule has 1 fully saturated rings. The minimum absolute atomic E-state index is 0.213. The summed E-state index contributed by atoms with van der Waals surface area (Å²) in [5.74, 6) is -0.902. The highest BCUT2D eigenvalue weighted by molar-refractivity contribution is 6.28. The highest BCUT2D eigenvalue weighted by Crippen LogP contribution is 2.27. The maximum Gasteiger partial charge on any atom is 0.259 e. The van der Waals surface area contributed by atoms with Gasteiger partial charge >= 0.3 is 0 Å². The third-order valence-corrected chi connectivity index (χ3v) is 2.81. The summed E-state index contributed by atoms with van der Waals surface area (Å²) in [5, 5.41) is 3.75. The number of imide groups is 1. The van der Waals surface area contributed by atoms with Crippen LogP contribution in [0.15, 0.2) is 35.4 Å². The number of nitrogens with one attached hydrogen (secondary N) is 1. The normalized spacial score (nSPS) is 27.1. The SMILES string of the molecule is O=C1[C@H]2C=NN[C@@H]2C(=O)N1c1ccccc1. The zero-order chi connectivity index (χ0) is 11.1. The number of amides is 2. The molecule has 5 heteroatoms. The first-order valence-electron chi connectivity index (χ1n) is 5.00. The third kappa shape index (κ3) is 1.08. The molecule has 2 atom stereocenters. The van der Waals surface area contributed by atoms with Crippen LogP contribution in [0.1, 0.15) is 0 Å². The number of para-hydroxylation sites is 1. The van der Waals surface area contributed by atoms with E-state index in [9.17, 15) is 9.59 Å². The molecule has 1 saturated heterocycles. The van der Waals surface area contributed by atoms with E-state index in [-0.39, 0.29) is 11.8 Å². The molecule has 0 saturated carbocycles. The number of hydrazone groups is 1. The Labute approximate surface area is 91.7 Å². The van der Waals surface area contributed by atoms with Crippen LogP contribution in [0.25, 0.3) is 0 Å². The number of carbonyl (C=O) groups excluding carboxylic acids is 2. The van der Waals surface area contributed by atoms with Gasteiger partial charge in [-0.2, -0.15) is 5.10 Å². The van der Waals surface area contributed by atoms with Crippen LogP contribution in [0.2, 0.25) is 0 Å². The number of rotatable bonds is 1. The Morgan fingerprint density at radius 1 is 1.12 bits per heavy atom. The van der Waals surface area contributed by atoms with E-state index in [1.807, 2.05) is 6.07 Å². The van der Waals surface area contributed by atoms with Gasteiger partial charge < -0.3 is 0 Å². The second kappa shape index (κ2) is 3.16. The molecule has 0 bridgehead atoms. The molecule has 0 unspecified atom stereocenters. The van der Waals surface area contributed by atoms with Gasteiger partial charge in [0.15, 0.2) is 0 Å². The molecule has 2 aliphatic rings. The quantitative estimate of drug-likeness (QED) is 0.677. The number of anilines is 1. The van der Waals surface area contributed by atoms with Crippen molar-refractivity contribution in [2.45, 2.75) is 6.04 Å². The van der Waals surface area contributed by atoms with Gasteiger partial charge in [0.1, 0.15) is 12.0 Å². The fourth-order valence-corrected chi connectivity index (χ4v) is 2.01. The molecule has 5 nitrogen and oxygen atoms in total. The van der Waals surface area contributed by atoms with Crippen molar-refractivity contribution < 1.29 is 9.59 Å². The van der Waals surface area contributed by atoms with Crippen molar-refractivity contribution in [3.8, 4) is 0 Å². The summed E-state index contributed by atoms with van der Waals surface area (Å²) in [6.45, 7) is 0. The molecule has 80 valence electrons. The van der Waals surface area contributed by atoms with Crippen LogP contribution in [0.5, 0.6) is 0 Å². The number of benzene rings is 1. The van der Waals surface area contributed by atoms with E-state index in [1.54, 1.807) is 24.3 Å². The van der Waals surface area contributed by atoms with Crippen molar-refractivity contribution in [2.75, 3.05) is 4.90 Å². The predicted octanol–water partition coefficient (Wildman–Crippen LogP) is 0.134. The Morgan fingerprint density at radius 3 is 2.56 bits per heavy atom. The first-order chi connectivity index (χ1) is 7.79. The van der Waals surface area contributed by atoms with Gasteiger partial charge in [-0.15, -0.1) is 0 Å². The maximum absolute atomic E-state index is 12.0. The number of fused-ring (bicyclic) bond motifs is 1. The molecule has 1 aromatic rings. The third-order valence-electron chi connectivity index (χ3n) is 2.81. The van der Waals surface area contributed by atoms with E-state index in [1.165, 1.54) is 11.1 Å². The van der Waals surface area contributed by atoms with E-state index in [0.29, 0.717) is 5.69 Å². The summed E-state index contributed by atoms with van der Waals surface area (Å²) < 4.78 is 0. The summed E-state index contributed by atoms with van der Waals surface area (Å²) >= 11 is 0. The van der Waals surface area contributed by atoms with E-state index < -0.39 is 12.0 Å². The summed E-state index contributed by atoms with van der Waals surface area (Å²) in [5.41, 5.74) is 3.27. The molecule has 1 aromatic carbocycles. The molecule has 3 rings (SSSR count). The van der Waals surface area contributed by atoms with Gasteiger partial charge in [0.05, 0.1) is 5.69 Å². The molecular weight excluding hydrogens is 206 g/mol. The van der Waals surface area contributed by atoms with Crippen molar-refractivity contribution in [2.24, 2.45) is 11.0 Å². The van der Waals surface area contributed by atoms with Crippen LogP contribution >= 0.6 is 0 Å². The maximum atomic E-state index is 12.0. The molecule has 2 heterocycles. The Hall–Kier alpha value is -2.17. The number of nitrogens with zero attached hydrogens (tertiary/aromatic N) is 2. The Morgan fingerprint density at radius 2 is 1.88 bits per heavy atom. The summed E-state index contributed by atoms with van der Waals surface area (Å²) in [7, 11) is 0. The zero-order valence-corrected chi connectivity index (χ0v) is 8.33. The van der Waals surface area contributed by atoms with E-state index >= 15 is 0 Å². The van der Waals surface area contributed by atoms with Crippen molar-refractivity contribution in [1.82, 2.24) is 5.43 Å². The van der Waals surface area contributed by atoms with Crippen molar-refractivity contribution in [3.63, 3.8) is 0 Å². The lowest BCUT2D eigenvalue weighted by Crippen LogP contribution is -2.36. The van der Waals surface area contributed by atoms with E-state index in [0.717, 1.165) is 0 Å². The minimum atomic E-state index is -0.521. The number of hydrogen-bond acceptors (Lipinski definition) is 4. The molecule has 2 aliphatic heterocycles. The highest BCUT2D eigenvalue weighted by atomic mass is 16.2. The van der Waals surface area contributed by atoms with Crippen LogP contribution in [0.3, 0.4) is 0 Å². The second-order valence-corrected chi connectivity index (χ2v) is 3.76. The van der Waals surface area contributed by atoms with Gasteiger partial charge in [0.25, 0.3) is 5.91 Å². The zero-order valence-electron chi connectivity index (χ0n) is 8.33. The van der Waals surface area contributed by atoms with Gasteiger partial charge in [-0.1, -0.05) is 18.2 Å². The molecule has 2 amide bonds. The van der Waals surface area contributed by atoms with E-state index in [4.69, 9.17) is 0 Å². The van der Waals surface area contributed by atoms with Crippen molar-refractivity contribution >= 4 is 23.7 Å². The standard InChI is InChI=1S/C11H9N3O2/c15-10-8-6-12-13-9(8)11(16)14(10)7-4-2-1-3-5-7/h1-6,8-9,13H/t8-,9-/m0/s1. The monoisotopic (exact) mass is 215 g/mol. The van der Waals surface area contributed by atoms with Crippen molar-refractivity contribution in [1.29, 1.82) is 0 Å². The fraction of sp³-hybridized carbons (Fsp3) is 0.182. The van der Waals surface area contributed by atoms with Crippen LogP contribution in [-0.4, -0.2) is 24.1 Å². The largest absolute Gasteiger partial charge is 0.297 e. The fourth-order valence-electron chi connectivity index (χ4n) is 2.01. The van der Waals surface area contributed by atoms with Gasteiger partial charge in [-0.25, -0.2) is 4.90 Å². The van der Waals surface area contributed by atoms with Crippen LogP contribution in [-0.2, 0) is 9.59 Å². The number of carbonyl (C=O) groups is 2. The lowest BCUT2D eigenvalue weighted by Gasteiger charge is -2.14. The molecular formula is C11H9N3O2. The summed E-state index contributed by atoms with van der Waals surface area (Å²) in [6.07, 6.45) is 1.49. The molecule has 1 N–H and O–H groups in total. The molecule has 0 radical (unpaired) electrons. The minimum Gasteiger partial charge on any atom is -0.297 e. The Bertz CT molecular complexity index is 483. The van der Waals surface area contributed by atoms with Crippen LogP contribution in [0.4, 0.5) is 5.69 Å². The van der Waals surface area contributed by atoms with E-state index in [2.05, 4.69) is 10.5 Å². The number of hydrogen-bond donors (Lipinski definition) is 1. The lowest BCUT2D eigenvalue weighted by atomic mass is 10.1. The van der Waals surface area contributed by atoms with Crippen LogP contribution < -0.4 is 10.3 Å². The van der Waals surface area contributed by atoms with Gasteiger partial charge in [-0.3, -0.25) is 15.0 Å². The lowest BCUT2D eigenvalue weighted by molar-refractivity contribution is -0.122. The Balaban J connectivity index is 2.01. The highest BCUT2D eigenvalue weighted by Gasteiger charge is 2.49. The smallest absolute Gasteiger partial charge is 0.259 e. The molecule has 16 heavy (non-hydrogen) atoms. The first-order valence-corrected chi connectivity index (χ1v) is 5.00. The summed E-state index contributed by atoms with van der Waals surface area (Å²) in [6, 6.07) is 8.40. The summed E-state index contributed by atoms with van der Waals surface area (Å²) in [4.78, 5) is 25.1. The second-order valence-electron chi connectivity index (χ2n) is 3.76. The molecule has 0 aromatic heterocycles. The molecule has 0 spiro atoms. The molecule has 0 aliphatic carbocycles. The average Bonchev–Trinajstić information content (AvgIpc) is 2.86. The first kappa shape index (κ1) is 9.08. The predicted molar refractivity (Wildman–Crippen MR) is 57.8 cm³/mol. The van der Waals surface area contributed by atoms with Crippen LogP contribution in [0, 0.1) is 5.92 Å². The van der Waals surface area contributed by atoms with Gasteiger partial charge in [0, 0.05) is 6.21 Å².